The van der Waals surface area contributed by atoms with Crippen LogP contribution in [0.15, 0.2) is 15.8 Å². The first kappa shape index (κ1) is 31.8. The number of aromatic amines is 1. The van der Waals surface area contributed by atoms with Gasteiger partial charge in [0.2, 0.25) is 5.91 Å². The number of amides is 2. The number of carboxylic acid groups (broad SMARTS) is 2. The molecule has 1 aromatic heterocycles. The van der Waals surface area contributed by atoms with Crippen LogP contribution in [0.25, 0.3) is 0 Å². The molecule has 1 aromatic rings. The van der Waals surface area contributed by atoms with E-state index in [0.29, 0.717) is 10.8 Å². The Morgan fingerprint density at radius 2 is 1.78 bits per heavy atom. The number of hydrogen-bond donors (Lipinski definition) is 8. The first-order valence-electron chi connectivity index (χ1n) is 9.80. The summed E-state index contributed by atoms with van der Waals surface area (Å²) in [6.07, 6.45) is -13.2. The summed E-state index contributed by atoms with van der Waals surface area (Å²) in [5.74, 6) is -5.54. The number of H-pyrrole nitrogens is 1. The van der Waals surface area contributed by atoms with Crippen LogP contribution in [-0.2, 0) is 38.5 Å². The number of aliphatic hydroxyl groups excluding tert-OH is 4. The molecular formula is C17H21N5O14Zn. The van der Waals surface area contributed by atoms with Crippen molar-refractivity contribution in [3.8, 4) is 0 Å². The van der Waals surface area contributed by atoms with Crippen LogP contribution in [0, 0.1) is 0 Å². The molecule has 8 atom stereocenters. The number of hydrogen-bond acceptors (Lipinski definition) is 15. The zero-order valence-corrected chi connectivity index (χ0v) is 21.6. The largest absolute Gasteiger partial charge is 2.00 e. The van der Waals surface area contributed by atoms with E-state index in [9.17, 15) is 59.4 Å². The molecule has 19 nitrogen and oxygen atoms in total. The molecular weight excluding hydrogens is 564 g/mol. The molecule has 10 N–H and O–H groups in total. The van der Waals surface area contributed by atoms with Gasteiger partial charge in [0.25, 0.3) is 5.56 Å². The van der Waals surface area contributed by atoms with Gasteiger partial charge < -0.3 is 66.5 Å². The van der Waals surface area contributed by atoms with Crippen molar-refractivity contribution in [3.63, 3.8) is 0 Å². The Morgan fingerprint density at radius 3 is 2.30 bits per heavy atom. The van der Waals surface area contributed by atoms with Crippen LogP contribution in [0.4, 0.5) is 4.79 Å². The molecule has 0 bridgehead atoms. The molecule has 200 valence electrons. The molecule has 0 aliphatic carbocycles. The van der Waals surface area contributed by atoms with E-state index < -0.39 is 96.2 Å². The molecule has 1 fully saturated rings. The second-order valence-electron chi connectivity index (χ2n) is 7.49. The van der Waals surface area contributed by atoms with E-state index in [2.05, 4.69) is 4.74 Å². The minimum atomic E-state index is -2.29. The van der Waals surface area contributed by atoms with Crippen molar-refractivity contribution in [2.45, 2.75) is 48.8 Å². The third-order valence-electron chi connectivity index (χ3n) is 5.08. The molecule has 2 heterocycles. The fraction of sp³-hybridized carbons (Fsp3) is 0.529. The van der Waals surface area contributed by atoms with Crippen molar-refractivity contribution < 1.29 is 78.8 Å². The van der Waals surface area contributed by atoms with Gasteiger partial charge in [0, 0.05) is 6.20 Å². The number of rotatable bonds is 10. The number of aliphatic carboxylic acids is 1. The number of carbonyl (C=O) groups excluding carboxylic acids is 4. The molecule has 0 radical (unpaired) electrons. The fourth-order valence-corrected chi connectivity index (χ4v) is 3.20. The van der Waals surface area contributed by atoms with E-state index in [-0.39, 0.29) is 19.5 Å². The summed E-state index contributed by atoms with van der Waals surface area (Å²) in [5, 5.41) is 64.7. The average molecular weight is 585 g/mol. The molecule has 37 heavy (non-hydrogen) atoms. The number of aliphatic hydroxyl groups is 4. The quantitative estimate of drug-likeness (QED) is 0.118. The third kappa shape index (κ3) is 7.16. The zero-order chi connectivity index (χ0) is 27.5. The molecule has 2 amide bonds. The van der Waals surface area contributed by atoms with Crippen molar-refractivity contribution in [1.29, 1.82) is 0 Å². The van der Waals surface area contributed by atoms with Gasteiger partial charge in [-0.25, -0.2) is 9.59 Å². The topological polar surface area (TPSA) is 333 Å². The number of carbonyl (C=O) groups is 4. The summed E-state index contributed by atoms with van der Waals surface area (Å²) < 4.78 is 9.75. The van der Waals surface area contributed by atoms with E-state index >= 15 is 0 Å². The molecule has 20 heteroatoms. The van der Waals surface area contributed by atoms with Gasteiger partial charge in [-0.2, -0.15) is 0 Å². The van der Waals surface area contributed by atoms with Crippen molar-refractivity contribution >= 4 is 23.9 Å². The normalized spacial score (nSPS) is 24.1. The van der Waals surface area contributed by atoms with Crippen LogP contribution in [0.5, 0.6) is 0 Å². The van der Waals surface area contributed by atoms with Gasteiger partial charge in [-0.1, -0.05) is 0 Å². The number of nitrogens with two attached hydrogens (primary N) is 2. The number of aromatic carboxylic acids is 1. The number of ether oxygens (including phenoxy) is 2. The second kappa shape index (κ2) is 12.8. The van der Waals surface area contributed by atoms with Crippen LogP contribution in [0.2, 0.25) is 0 Å². The first-order chi connectivity index (χ1) is 16.7. The van der Waals surface area contributed by atoms with Gasteiger partial charge in [0.05, 0.1) is 23.5 Å². The molecule has 8 unspecified atom stereocenters. The Kier molecular flexibility index (Phi) is 11.0. The number of primary amides is 1. The number of carboxylic acids is 2. The van der Waals surface area contributed by atoms with Gasteiger partial charge in [-0.3, -0.25) is 19.1 Å². The minimum absolute atomic E-state index is 0. The molecule has 1 aliphatic rings. The summed E-state index contributed by atoms with van der Waals surface area (Å²) in [6, 6.07) is -4.33. The monoisotopic (exact) mass is 583 g/mol. The third-order valence-corrected chi connectivity index (χ3v) is 5.08. The Morgan fingerprint density at radius 1 is 1.19 bits per heavy atom. The van der Waals surface area contributed by atoms with Crippen molar-refractivity contribution in [1.82, 2.24) is 14.9 Å². The summed E-state index contributed by atoms with van der Waals surface area (Å²) in [4.78, 5) is 70.9. The van der Waals surface area contributed by atoms with E-state index in [0.717, 1.165) is 0 Å². The van der Waals surface area contributed by atoms with Gasteiger partial charge in [0.15, 0.2) is 6.23 Å². The molecule has 0 spiro atoms. The summed E-state index contributed by atoms with van der Waals surface area (Å²) in [6.45, 7) is -0.874. The van der Waals surface area contributed by atoms with Crippen molar-refractivity contribution in [3.05, 3.63) is 32.6 Å². The van der Waals surface area contributed by atoms with Crippen molar-refractivity contribution in [2.75, 3.05) is 6.61 Å². The van der Waals surface area contributed by atoms with E-state index in [1.807, 2.05) is 0 Å². The van der Waals surface area contributed by atoms with Crippen molar-refractivity contribution in [2.24, 2.45) is 11.5 Å². The summed E-state index contributed by atoms with van der Waals surface area (Å²) in [7, 11) is 0. The second-order valence-corrected chi connectivity index (χ2v) is 7.49. The maximum absolute atomic E-state index is 12.4. The van der Waals surface area contributed by atoms with Gasteiger partial charge in [0.1, 0.15) is 43.2 Å². The molecule has 0 saturated carbocycles. The Balaban J connectivity index is 0.00000684. The molecule has 1 saturated heterocycles. The van der Waals surface area contributed by atoms with E-state index in [1.165, 1.54) is 0 Å². The van der Waals surface area contributed by atoms with Crippen LogP contribution < -0.4 is 38.2 Å². The van der Waals surface area contributed by atoms with Crippen LogP contribution >= 0.6 is 0 Å². The van der Waals surface area contributed by atoms with Crippen LogP contribution in [0.1, 0.15) is 16.6 Å². The van der Waals surface area contributed by atoms with Crippen LogP contribution in [0.3, 0.4) is 0 Å². The molecule has 0 aromatic carbocycles. The van der Waals surface area contributed by atoms with Gasteiger partial charge in [-0.05, 0) is 0 Å². The zero-order valence-electron chi connectivity index (χ0n) is 18.6. The molecule has 2 rings (SSSR count). The SMILES string of the molecule is NC(=O)OCC(O)C(O)C(N)C(=O)NC(C(=O)[O-])C1OC(n2cc(C(=O)[O-])c(=O)[nH]c2=O)C(O)C1O.[Zn+2]. The maximum Gasteiger partial charge on any atom is 2.00 e. The summed E-state index contributed by atoms with van der Waals surface area (Å²) >= 11 is 0. The first-order valence-corrected chi connectivity index (χ1v) is 9.80. The predicted octanol–water partition coefficient (Wildman–Crippen LogP) is -9.10. The van der Waals surface area contributed by atoms with Gasteiger partial charge >= 0.3 is 31.3 Å². The fourth-order valence-electron chi connectivity index (χ4n) is 3.20. The van der Waals surface area contributed by atoms with E-state index in [1.54, 1.807) is 10.3 Å². The van der Waals surface area contributed by atoms with Crippen LogP contribution in [-0.4, -0.2) is 103 Å². The Bertz CT molecular complexity index is 1140. The number of aromatic nitrogens is 2. The Labute approximate surface area is 217 Å². The Hall–Kier alpha value is -3.26. The predicted molar refractivity (Wildman–Crippen MR) is 104 cm³/mol. The minimum Gasteiger partial charge on any atom is -0.548 e. The number of nitrogens with zero attached hydrogens (tertiary/aromatic N) is 1. The number of nitrogens with one attached hydrogen (secondary N) is 2. The maximum atomic E-state index is 12.4. The standard InChI is InChI=1S/C17H23N5O14.Zn/c18-5(7(24)4(23)2-35-16(19)33)12(28)20-6(15(31)32)10-8(25)9(26)13(36-10)22-1-3(14(29)30)11(27)21-17(22)34;/h1,4-10,13,23-26H,2,18H2,(H2,19,33)(H,20,28)(H,29,30)(H,31,32)(H,21,27,34);/q;+2/p-2. The summed E-state index contributed by atoms with van der Waals surface area (Å²) in [5.41, 5.74) is 6.45. The van der Waals surface area contributed by atoms with Gasteiger partial charge in [-0.15, -0.1) is 0 Å². The smallest absolute Gasteiger partial charge is 0.548 e. The van der Waals surface area contributed by atoms with E-state index in [4.69, 9.17) is 16.2 Å². The average Bonchev–Trinajstić information content (AvgIpc) is 3.08. The molecule has 1 aliphatic heterocycles.